The highest BCUT2D eigenvalue weighted by atomic mass is 16.5. The maximum Gasteiger partial charge on any atom is 0.254 e. The Morgan fingerprint density at radius 2 is 1.61 bits per heavy atom. The van der Waals surface area contributed by atoms with Crippen LogP contribution in [0.3, 0.4) is 0 Å². The normalized spacial score (nSPS) is 17.0. The number of rotatable bonds is 5. The van der Waals surface area contributed by atoms with Crippen molar-refractivity contribution in [1.29, 1.82) is 0 Å². The number of aromatic nitrogens is 1. The zero-order chi connectivity index (χ0) is 23.0. The number of carbonyl (C=O) groups excluding carboxylic acids is 2. The van der Waals surface area contributed by atoms with Crippen molar-refractivity contribution in [3.8, 4) is 17.0 Å². The lowest BCUT2D eigenvalue weighted by Gasteiger charge is -2.35. The second-order valence-corrected chi connectivity index (χ2v) is 8.53. The van der Waals surface area contributed by atoms with Gasteiger partial charge in [0.15, 0.2) is 0 Å². The van der Waals surface area contributed by atoms with Crippen molar-refractivity contribution in [2.45, 2.75) is 18.4 Å². The summed E-state index contributed by atoms with van der Waals surface area (Å²) < 4.78 is 5.24. The first-order valence-electron chi connectivity index (χ1n) is 11.1. The summed E-state index contributed by atoms with van der Waals surface area (Å²) in [6.45, 7) is 5.39. The van der Waals surface area contributed by atoms with Crippen LogP contribution < -0.4 is 4.74 Å². The molecule has 1 saturated carbocycles. The van der Waals surface area contributed by atoms with E-state index in [1.54, 1.807) is 15.9 Å². The molecule has 2 aliphatic rings. The van der Waals surface area contributed by atoms with E-state index in [4.69, 9.17) is 4.74 Å². The predicted octanol–water partition coefficient (Wildman–Crippen LogP) is 3.23. The average molecular weight is 444 g/mol. The maximum atomic E-state index is 12.9. The van der Waals surface area contributed by atoms with E-state index in [1.165, 1.54) is 6.26 Å². The summed E-state index contributed by atoms with van der Waals surface area (Å²) in [5.41, 5.74) is 2.34. The van der Waals surface area contributed by atoms with Crippen LogP contribution in [0.4, 0.5) is 0 Å². The highest BCUT2D eigenvalue weighted by Gasteiger charge is 2.50. The number of fused-ring (bicyclic) bond motifs is 1. The summed E-state index contributed by atoms with van der Waals surface area (Å²) in [5, 5.41) is 11.0. The molecule has 1 N–H and O–H groups in total. The van der Waals surface area contributed by atoms with E-state index in [9.17, 15) is 14.7 Å². The summed E-state index contributed by atoms with van der Waals surface area (Å²) in [6.07, 6.45) is 2.43. The number of amides is 2. The molecule has 0 bridgehead atoms. The Morgan fingerprint density at radius 3 is 2.27 bits per heavy atom. The lowest BCUT2D eigenvalue weighted by Crippen LogP contribution is -2.53. The Morgan fingerprint density at radius 1 is 0.939 bits per heavy atom. The minimum absolute atomic E-state index is 0.0451. The molecule has 2 fully saturated rings. The molecule has 5 rings (SSSR count). The summed E-state index contributed by atoms with van der Waals surface area (Å²) in [4.78, 5) is 33.1. The second kappa shape index (κ2) is 8.33. The van der Waals surface area contributed by atoms with Gasteiger partial charge in [-0.25, -0.2) is 4.98 Å². The lowest BCUT2D eigenvalue weighted by molar-refractivity contribution is -0.143. The van der Waals surface area contributed by atoms with Gasteiger partial charge in [0.05, 0.1) is 11.8 Å². The molecule has 2 aromatic carbocycles. The third-order valence-electron chi connectivity index (χ3n) is 6.31. The number of ether oxygens (including phenoxy) is 1. The maximum absolute atomic E-state index is 12.9. The van der Waals surface area contributed by atoms with Gasteiger partial charge in [0.25, 0.3) is 11.8 Å². The molecule has 1 aromatic heterocycles. The van der Waals surface area contributed by atoms with Crippen LogP contribution in [-0.4, -0.2) is 63.5 Å². The van der Waals surface area contributed by atoms with Gasteiger partial charge >= 0.3 is 0 Å². The van der Waals surface area contributed by atoms with Crippen molar-refractivity contribution in [1.82, 2.24) is 14.8 Å². The molecule has 2 heterocycles. The monoisotopic (exact) mass is 443 g/mol. The van der Waals surface area contributed by atoms with Crippen molar-refractivity contribution in [2.24, 2.45) is 0 Å². The van der Waals surface area contributed by atoms with Crippen LogP contribution in [-0.2, 0) is 4.79 Å². The zero-order valence-electron chi connectivity index (χ0n) is 18.2. The van der Waals surface area contributed by atoms with Crippen LogP contribution in [0.5, 0.6) is 5.88 Å². The van der Waals surface area contributed by atoms with Crippen molar-refractivity contribution < 1.29 is 19.4 Å². The SMILES string of the molecule is C=COc1ccc2cc(-c3ccc(C(=O)N4CCN(C(=O)C5(O)CC5)CC4)cc3)ccc2n1. The van der Waals surface area contributed by atoms with E-state index >= 15 is 0 Å². The standard InChI is InChI=1S/C26H25N3O4/c1-2-33-23-10-8-21-17-20(7-9-22(21)27-23)18-3-5-19(6-4-18)24(30)28-13-15-29(16-14-28)25(31)26(32)11-12-26/h2-10,17,32H,1,11-16H2. The molecule has 2 amide bonds. The Hall–Kier alpha value is -3.71. The predicted molar refractivity (Wildman–Crippen MR) is 125 cm³/mol. The molecule has 1 aliphatic heterocycles. The van der Waals surface area contributed by atoms with Gasteiger partial charge in [0.2, 0.25) is 5.88 Å². The quantitative estimate of drug-likeness (QED) is 0.612. The molecular formula is C26H25N3O4. The van der Waals surface area contributed by atoms with E-state index < -0.39 is 5.60 Å². The van der Waals surface area contributed by atoms with Gasteiger partial charge in [0.1, 0.15) is 5.60 Å². The number of aliphatic hydroxyl groups is 1. The number of benzene rings is 2. The summed E-state index contributed by atoms with van der Waals surface area (Å²) in [6, 6.07) is 17.3. The number of hydrogen-bond acceptors (Lipinski definition) is 5. The number of carbonyl (C=O) groups is 2. The molecular weight excluding hydrogens is 418 g/mol. The Balaban J connectivity index is 1.25. The highest BCUT2D eigenvalue weighted by molar-refractivity contribution is 5.95. The van der Waals surface area contributed by atoms with Crippen LogP contribution in [0.25, 0.3) is 22.0 Å². The minimum atomic E-state index is -1.15. The van der Waals surface area contributed by atoms with E-state index in [-0.39, 0.29) is 11.8 Å². The van der Waals surface area contributed by atoms with Crippen LogP contribution in [0.15, 0.2) is 67.4 Å². The molecule has 33 heavy (non-hydrogen) atoms. The van der Waals surface area contributed by atoms with E-state index in [0.717, 1.165) is 22.0 Å². The molecule has 1 aliphatic carbocycles. The molecule has 0 unspecified atom stereocenters. The first-order chi connectivity index (χ1) is 16.0. The Labute approximate surface area is 191 Å². The first-order valence-corrected chi connectivity index (χ1v) is 11.1. The van der Waals surface area contributed by atoms with Gasteiger partial charge in [-0.1, -0.05) is 24.8 Å². The number of hydrogen-bond donors (Lipinski definition) is 1. The third-order valence-corrected chi connectivity index (χ3v) is 6.31. The average Bonchev–Trinajstić information content (AvgIpc) is 3.61. The van der Waals surface area contributed by atoms with Crippen molar-refractivity contribution >= 4 is 22.7 Å². The third kappa shape index (κ3) is 4.19. The minimum Gasteiger partial charge on any atom is -0.447 e. The number of piperazine rings is 1. The van der Waals surface area contributed by atoms with E-state index in [0.29, 0.717) is 50.5 Å². The molecule has 1 saturated heterocycles. The van der Waals surface area contributed by atoms with Crippen LogP contribution >= 0.6 is 0 Å². The Kier molecular flexibility index (Phi) is 5.34. The first kappa shape index (κ1) is 21.2. The van der Waals surface area contributed by atoms with Crippen LogP contribution in [0, 0.1) is 0 Å². The fourth-order valence-electron chi connectivity index (χ4n) is 4.16. The van der Waals surface area contributed by atoms with Crippen LogP contribution in [0.1, 0.15) is 23.2 Å². The molecule has 168 valence electrons. The lowest BCUT2D eigenvalue weighted by atomic mass is 10.0. The molecule has 7 heteroatoms. The van der Waals surface area contributed by atoms with Gasteiger partial charge in [-0.15, -0.1) is 0 Å². The summed E-state index contributed by atoms with van der Waals surface area (Å²) in [7, 11) is 0. The van der Waals surface area contributed by atoms with Gasteiger partial charge in [-0.05, 0) is 54.3 Å². The van der Waals surface area contributed by atoms with Gasteiger partial charge in [-0.2, -0.15) is 0 Å². The summed E-state index contributed by atoms with van der Waals surface area (Å²) in [5.74, 6) is 0.256. The molecule has 0 spiro atoms. The Bertz CT molecular complexity index is 1230. The smallest absolute Gasteiger partial charge is 0.254 e. The van der Waals surface area contributed by atoms with Crippen molar-refractivity contribution in [3.05, 3.63) is 73.0 Å². The molecule has 0 radical (unpaired) electrons. The van der Waals surface area contributed by atoms with Crippen molar-refractivity contribution in [3.63, 3.8) is 0 Å². The highest BCUT2D eigenvalue weighted by Crippen LogP contribution is 2.37. The second-order valence-electron chi connectivity index (χ2n) is 8.53. The van der Waals surface area contributed by atoms with E-state index in [2.05, 4.69) is 17.6 Å². The molecule has 3 aromatic rings. The van der Waals surface area contributed by atoms with Crippen LogP contribution in [0.2, 0.25) is 0 Å². The topological polar surface area (TPSA) is 83.0 Å². The van der Waals surface area contributed by atoms with Gasteiger partial charge in [0, 0.05) is 43.2 Å². The summed E-state index contributed by atoms with van der Waals surface area (Å²) >= 11 is 0. The fraction of sp³-hybridized carbons (Fsp3) is 0.269. The zero-order valence-corrected chi connectivity index (χ0v) is 18.2. The number of pyridine rings is 1. The van der Waals surface area contributed by atoms with Gasteiger partial charge < -0.3 is 19.6 Å². The van der Waals surface area contributed by atoms with Crippen molar-refractivity contribution in [2.75, 3.05) is 26.2 Å². The largest absolute Gasteiger partial charge is 0.447 e. The molecule has 0 atom stereocenters. The fourth-order valence-corrected chi connectivity index (χ4v) is 4.16. The molecule has 7 nitrogen and oxygen atoms in total. The van der Waals surface area contributed by atoms with E-state index in [1.807, 2.05) is 42.5 Å². The van der Waals surface area contributed by atoms with Gasteiger partial charge in [-0.3, -0.25) is 9.59 Å². The number of nitrogens with zero attached hydrogens (tertiary/aromatic N) is 3.